The van der Waals surface area contributed by atoms with Crippen molar-refractivity contribution in [1.29, 1.82) is 0 Å². The molecule has 0 saturated carbocycles. The molecule has 1 aliphatic rings. The molecule has 1 aliphatic heterocycles. The van der Waals surface area contributed by atoms with E-state index in [1.54, 1.807) is 0 Å². The number of nitrogens with one attached hydrogen (secondary N) is 1. The van der Waals surface area contributed by atoms with Crippen molar-refractivity contribution in [3.63, 3.8) is 0 Å². The second-order valence-corrected chi connectivity index (χ2v) is 5.74. The summed E-state index contributed by atoms with van der Waals surface area (Å²) in [6.07, 6.45) is 1.16. The summed E-state index contributed by atoms with van der Waals surface area (Å²) in [5.41, 5.74) is 2.74. The number of benzene rings is 1. The lowest BCUT2D eigenvalue weighted by molar-refractivity contribution is 0.204. The Bertz CT molecular complexity index is 424. The minimum atomic E-state index is 0.258. The molecule has 0 aromatic heterocycles. The van der Waals surface area contributed by atoms with Crippen molar-refractivity contribution >= 4 is 5.69 Å². The molecule has 1 heterocycles. The van der Waals surface area contributed by atoms with E-state index in [4.69, 9.17) is 5.11 Å². The van der Waals surface area contributed by atoms with E-state index in [1.165, 1.54) is 11.3 Å². The smallest absolute Gasteiger partial charge is 0.0558 e. The van der Waals surface area contributed by atoms with Crippen LogP contribution in [0.25, 0.3) is 0 Å². The van der Waals surface area contributed by atoms with E-state index in [0.29, 0.717) is 6.04 Å². The quantitative estimate of drug-likeness (QED) is 0.839. The molecule has 0 bridgehead atoms. The maximum Gasteiger partial charge on any atom is 0.0558 e. The number of aliphatic hydroxyl groups excluding tert-OH is 1. The van der Waals surface area contributed by atoms with Crippen molar-refractivity contribution in [2.75, 3.05) is 50.8 Å². The lowest BCUT2D eigenvalue weighted by atomic mass is 10.0. The van der Waals surface area contributed by atoms with Gasteiger partial charge in [-0.05, 0) is 38.1 Å². The number of hydrogen-bond acceptors (Lipinski definition) is 4. The van der Waals surface area contributed by atoms with E-state index >= 15 is 0 Å². The van der Waals surface area contributed by atoms with Crippen LogP contribution in [-0.2, 0) is 0 Å². The van der Waals surface area contributed by atoms with Gasteiger partial charge < -0.3 is 15.3 Å². The van der Waals surface area contributed by atoms with E-state index in [0.717, 1.165) is 45.7 Å². The molecular formula is C17H29N3O. The average molecular weight is 291 g/mol. The third-order valence-electron chi connectivity index (χ3n) is 4.26. The molecule has 1 saturated heterocycles. The van der Waals surface area contributed by atoms with Crippen LogP contribution in [0, 0.1) is 0 Å². The standard InChI is InChI=1S/C17H29N3O/c1-3-18-15(2)16-7-4-5-8-17(16)20-10-6-9-19(11-12-20)13-14-21/h4-5,7-8,15,18,21H,3,6,9-14H2,1-2H3. The van der Waals surface area contributed by atoms with E-state index in [-0.39, 0.29) is 6.61 Å². The van der Waals surface area contributed by atoms with Gasteiger partial charge in [-0.25, -0.2) is 0 Å². The summed E-state index contributed by atoms with van der Waals surface area (Å²) in [5.74, 6) is 0. The first-order chi connectivity index (χ1) is 10.3. The van der Waals surface area contributed by atoms with Crippen LogP contribution in [0.15, 0.2) is 24.3 Å². The zero-order valence-electron chi connectivity index (χ0n) is 13.4. The summed E-state index contributed by atoms with van der Waals surface area (Å²) in [7, 11) is 0. The molecule has 0 spiro atoms. The fourth-order valence-electron chi connectivity index (χ4n) is 3.13. The van der Waals surface area contributed by atoms with Crippen molar-refractivity contribution in [3.05, 3.63) is 29.8 Å². The molecule has 4 heteroatoms. The number of anilines is 1. The van der Waals surface area contributed by atoms with Gasteiger partial charge in [-0.2, -0.15) is 0 Å². The van der Waals surface area contributed by atoms with Crippen LogP contribution in [0.5, 0.6) is 0 Å². The third kappa shape index (κ3) is 4.43. The SMILES string of the molecule is CCNC(C)c1ccccc1N1CCCN(CCO)CC1. The van der Waals surface area contributed by atoms with Crippen molar-refractivity contribution in [1.82, 2.24) is 10.2 Å². The number of rotatable bonds is 6. The minimum Gasteiger partial charge on any atom is -0.395 e. The number of β-amino-alcohol motifs (C(OH)–C–C–N with tert-alkyl or cyclic N) is 1. The van der Waals surface area contributed by atoms with Crippen LogP contribution in [0.2, 0.25) is 0 Å². The van der Waals surface area contributed by atoms with Gasteiger partial charge in [0.1, 0.15) is 0 Å². The summed E-state index contributed by atoms with van der Waals surface area (Å²) < 4.78 is 0. The van der Waals surface area contributed by atoms with Crippen molar-refractivity contribution in [2.45, 2.75) is 26.3 Å². The van der Waals surface area contributed by atoms with E-state index in [2.05, 4.69) is 53.2 Å². The monoisotopic (exact) mass is 291 g/mol. The Morgan fingerprint density at radius 1 is 1.19 bits per heavy atom. The van der Waals surface area contributed by atoms with Crippen LogP contribution in [0.1, 0.15) is 31.9 Å². The Balaban J connectivity index is 2.10. The summed E-state index contributed by atoms with van der Waals surface area (Å²) in [6.45, 7) is 10.7. The maximum atomic E-state index is 9.11. The number of hydrogen-bond donors (Lipinski definition) is 2. The summed E-state index contributed by atoms with van der Waals surface area (Å²) in [5, 5.41) is 12.6. The molecule has 118 valence electrons. The predicted molar refractivity (Wildman–Crippen MR) is 88.9 cm³/mol. The highest BCUT2D eigenvalue weighted by Gasteiger charge is 2.18. The number of aliphatic hydroxyl groups is 1. The normalized spacial score (nSPS) is 18.5. The Morgan fingerprint density at radius 2 is 2.00 bits per heavy atom. The molecule has 1 fully saturated rings. The first-order valence-corrected chi connectivity index (χ1v) is 8.16. The van der Waals surface area contributed by atoms with Gasteiger partial charge >= 0.3 is 0 Å². The number of nitrogens with zero attached hydrogens (tertiary/aromatic N) is 2. The van der Waals surface area contributed by atoms with Crippen molar-refractivity contribution in [2.24, 2.45) is 0 Å². The molecule has 0 radical (unpaired) electrons. The molecule has 21 heavy (non-hydrogen) atoms. The largest absolute Gasteiger partial charge is 0.395 e. The minimum absolute atomic E-state index is 0.258. The lowest BCUT2D eigenvalue weighted by Crippen LogP contribution is -2.33. The van der Waals surface area contributed by atoms with Gasteiger partial charge in [0.05, 0.1) is 6.61 Å². The van der Waals surface area contributed by atoms with Crippen LogP contribution in [0.3, 0.4) is 0 Å². The summed E-state index contributed by atoms with van der Waals surface area (Å²) >= 11 is 0. The van der Waals surface area contributed by atoms with E-state index in [1.807, 2.05) is 0 Å². The second kappa shape index (κ2) is 8.37. The first kappa shape index (κ1) is 16.3. The Labute approximate surface area is 128 Å². The Hall–Kier alpha value is -1.10. The fourth-order valence-corrected chi connectivity index (χ4v) is 3.13. The van der Waals surface area contributed by atoms with E-state index < -0.39 is 0 Å². The van der Waals surface area contributed by atoms with Gasteiger partial charge in [0, 0.05) is 37.9 Å². The molecule has 1 aromatic rings. The van der Waals surface area contributed by atoms with Crippen LogP contribution in [-0.4, -0.2) is 55.9 Å². The topological polar surface area (TPSA) is 38.7 Å². The summed E-state index contributed by atoms with van der Waals surface area (Å²) in [6, 6.07) is 9.11. The number of para-hydroxylation sites is 1. The molecule has 2 N–H and O–H groups in total. The Kier molecular flexibility index (Phi) is 6.49. The zero-order chi connectivity index (χ0) is 15.1. The molecule has 1 aromatic carbocycles. The van der Waals surface area contributed by atoms with Gasteiger partial charge in [-0.1, -0.05) is 25.1 Å². The van der Waals surface area contributed by atoms with Gasteiger partial charge in [-0.3, -0.25) is 4.90 Å². The first-order valence-electron chi connectivity index (χ1n) is 8.16. The molecule has 0 amide bonds. The zero-order valence-corrected chi connectivity index (χ0v) is 13.4. The van der Waals surface area contributed by atoms with Gasteiger partial charge in [0.15, 0.2) is 0 Å². The van der Waals surface area contributed by atoms with Crippen LogP contribution in [0.4, 0.5) is 5.69 Å². The van der Waals surface area contributed by atoms with Crippen LogP contribution >= 0.6 is 0 Å². The summed E-state index contributed by atoms with van der Waals surface area (Å²) in [4.78, 5) is 4.86. The molecule has 2 rings (SSSR count). The van der Waals surface area contributed by atoms with Gasteiger partial charge in [0.2, 0.25) is 0 Å². The predicted octanol–water partition coefficient (Wildman–Crippen LogP) is 1.86. The Morgan fingerprint density at radius 3 is 2.76 bits per heavy atom. The molecule has 1 unspecified atom stereocenters. The van der Waals surface area contributed by atoms with E-state index in [9.17, 15) is 0 Å². The second-order valence-electron chi connectivity index (χ2n) is 5.74. The highest BCUT2D eigenvalue weighted by Crippen LogP contribution is 2.27. The molecule has 1 atom stereocenters. The maximum absolute atomic E-state index is 9.11. The third-order valence-corrected chi connectivity index (χ3v) is 4.26. The van der Waals surface area contributed by atoms with Crippen molar-refractivity contribution < 1.29 is 5.11 Å². The highest BCUT2D eigenvalue weighted by molar-refractivity contribution is 5.55. The molecule has 4 nitrogen and oxygen atoms in total. The van der Waals surface area contributed by atoms with Crippen molar-refractivity contribution in [3.8, 4) is 0 Å². The molecule has 0 aliphatic carbocycles. The highest BCUT2D eigenvalue weighted by atomic mass is 16.3. The fraction of sp³-hybridized carbons (Fsp3) is 0.647. The van der Waals surface area contributed by atoms with Crippen LogP contribution < -0.4 is 10.2 Å². The van der Waals surface area contributed by atoms with Gasteiger partial charge in [-0.15, -0.1) is 0 Å². The lowest BCUT2D eigenvalue weighted by Gasteiger charge is -2.28. The molecular weight excluding hydrogens is 262 g/mol. The average Bonchev–Trinajstić information content (AvgIpc) is 2.73. The van der Waals surface area contributed by atoms with Gasteiger partial charge in [0.25, 0.3) is 0 Å².